The van der Waals surface area contributed by atoms with Crippen LogP contribution in [0.4, 0.5) is 5.82 Å². The van der Waals surface area contributed by atoms with Crippen molar-refractivity contribution in [1.29, 1.82) is 0 Å². The van der Waals surface area contributed by atoms with Crippen LogP contribution in [0.15, 0.2) is 41.2 Å². The first-order chi connectivity index (χ1) is 10.8. The fourth-order valence-electron chi connectivity index (χ4n) is 2.00. The highest BCUT2D eigenvalue weighted by atomic mass is 16.5. The normalized spacial score (nSPS) is 10.6. The molecule has 0 atom stereocenters. The van der Waals surface area contributed by atoms with E-state index in [2.05, 4.69) is 20.4 Å². The first-order valence-corrected chi connectivity index (χ1v) is 6.84. The van der Waals surface area contributed by atoms with E-state index in [9.17, 15) is 4.79 Å². The number of carbonyl (C=O) groups excluding carboxylic acids is 1. The van der Waals surface area contributed by atoms with Crippen molar-refractivity contribution in [2.45, 2.75) is 13.5 Å². The molecule has 0 aliphatic rings. The molecule has 0 fully saturated rings. The first-order valence-electron chi connectivity index (χ1n) is 6.84. The standard InChI is InChI=1S/C15H14N4O3/c1-2-21-15(20)12-8-11(22-19-12)9-18-14-13-10(5-7-17-14)4-3-6-16-13/h3-8H,2,9H2,1H3,(H,17,18). The molecule has 0 aliphatic carbocycles. The van der Waals surface area contributed by atoms with Crippen LogP contribution in [0.2, 0.25) is 0 Å². The number of carbonyl (C=O) groups is 1. The second-order valence-electron chi connectivity index (χ2n) is 4.49. The van der Waals surface area contributed by atoms with E-state index in [4.69, 9.17) is 9.26 Å². The molecule has 3 rings (SSSR count). The molecule has 3 aromatic heterocycles. The van der Waals surface area contributed by atoms with E-state index in [-0.39, 0.29) is 5.69 Å². The molecule has 0 aromatic carbocycles. The number of hydrogen-bond donors (Lipinski definition) is 1. The summed E-state index contributed by atoms with van der Waals surface area (Å²) in [5.74, 6) is 0.660. The van der Waals surface area contributed by atoms with E-state index in [0.29, 0.717) is 24.7 Å². The zero-order chi connectivity index (χ0) is 15.4. The summed E-state index contributed by atoms with van der Waals surface area (Å²) >= 11 is 0. The number of ether oxygens (including phenoxy) is 1. The van der Waals surface area contributed by atoms with Gasteiger partial charge >= 0.3 is 5.97 Å². The van der Waals surface area contributed by atoms with Crippen LogP contribution in [-0.2, 0) is 11.3 Å². The van der Waals surface area contributed by atoms with Gasteiger partial charge in [-0.05, 0) is 19.1 Å². The molecule has 0 aliphatic heterocycles. The van der Waals surface area contributed by atoms with E-state index >= 15 is 0 Å². The Bertz CT molecular complexity index is 795. The van der Waals surface area contributed by atoms with Gasteiger partial charge in [-0.2, -0.15) is 0 Å². The van der Waals surface area contributed by atoms with Gasteiger partial charge in [0.1, 0.15) is 5.52 Å². The summed E-state index contributed by atoms with van der Waals surface area (Å²) in [6, 6.07) is 7.26. The molecular weight excluding hydrogens is 284 g/mol. The van der Waals surface area contributed by atoms with Crippen LogP contribution < -0.4 is 5.32 Å². The molecule has 7 nitrogen and oxygen atoms in total. The number of aromatic nitrogens is 3. The number of hydrogen-bond acceptors (Lipinski definition) is 7. The summed E-state index contributed by atoms with van der Waals surface area (Å²) < 4.78 is 9.96. The highest BCUT2D eigenvalue weighted by molar-refractivity contribution is 5.88. The Kier molecular flexibility index (Phi) is 3.95. The fourth-order valence-corrected chi connectivity index (χ4v) is 2.00. The minimum Gasteiger partial charge on any atom is -0.461 e. The lowest BCUT2D eigenvalue weighted by molar-refractivity contribution is 0.0514. The predicted molar refractivity (Wildman–Crippen MR) is 79.3 cm³/mol. The Hall–Kier alpha value is -2.96. The zero-order valence-electron chi connectivity index (χ0n) is 11.9. The molecule has 0 spiro atoms. The molecule has 0 amide bonds. The van der Waals surface area contributed by atoms with Gasteiger partial charge in [-0.1, -0.05) is 11.2 Å². The smallest absolute Gasteiger partial charge is 0.360 e. The average molecular weight is 298 g/mol. The van der Waals surface area contributed by atoms with Crippen LogP contribution in [0, 0.1) is 0 Å². The van der Waals surface area contributed by atoms with Crippen molar-refractivity contribution in [3.8, 4) is 0 Å². The van der Waals surface area contributed by atoms with Crippen LogP contribution in [-0.4, -0.2) is 27.7 Å². The van der Waals surface area contributed by atoms with Crippen LogP contribution in [0.3, 0.4) is 0 Å². The van der Waals surface area contributed by atoms with E-state index in [1.165, 1.54) is 0 Å². The molecule has 3 heterocycles. The number of anilines is 1. The van der Waals surface area contributed by atoms with Crippen molar-refractivity contribution in [3.05, 3.63) is 48.1 Å². The van der Waals surface area contributed by atoms with Crippen molar-refractivity contribution in [2.24, 2.45) is 0 Å². The molecule has 0 unspecified atom stereocenters. The van der Waals surface area contributed by atoms with Crippen LogP contribution >= 0.6 is 0 Å². The van der Waals surface area contributed by atoms with Gasteiger partial charge in [-0.15, -0.1) is 0 Å². The van der Waals surface area contributed by atoms with Gasteiger partial charge in [0.25, 0.3) is 0 Å². The number of nitrogens with zero attached hydrogens (tertiary/aromatic N) is 3. The summed E-state index contributed by atoms with van der Waals surface area (Å²) in [6.07, 6.45) is 3.42. The van der Waals surface area contributed by atoms with Crippen LogP contribution in [0.25, 0.3) is 10.9 Å². The van der Waals surface area contributed by atoms with Gasteiger partial charge in [0.15, 0.2) is 17.3 Å². The summed E-state index contributed by atoms with van der Waals surface area (Å²) in [5.41, 5.74) is 0.929. The SMILES string of the molecule is CCOC(=O)c1cc(CNc2nccc3cccnc23)on1. The first kappa shape index (κ1) is 14.0. The Balaban J connectivity index is 1.73. The Morgan fingerprint density at radius 1 is 1.32 bits per heavy atom. The van der Waals surface area contributed by atoms with Gasteiger partial charge in [0.2, 0.25) is 0 Å². The molecule has 0 saturated heterocycles. The Morgan fingerprint density at radius 3 is 3.09 bits per heavy atom. The molecular formula is C15H14N4O3. The van der Waals surface area contributed by atoms with Gasteiger partial charge in [0.05, 0.1) is 13.2 Å². The number of esters is 1. The molecule has 1 N–H and O–H groups in total. The molecule has 0 saturated carbocycles. The summed E-state index contributed by atoms with van der Waals surface area (Å²) in [4.78, 5) is 20.1. The zero-order valence-corrected chi connectivity index (χ0v) is 11.9. The molecule has 22 heavy (non-hydrogen) atoms. The molecule has 0 radical (unpaired) electrons. The van der Waals surface area contributed by atoms with Crippen molar-refractivity contribution in [1.82, 2.24) is 15.1 Å². The van der Waals surface area contributed by atoms with E-state index in [1.807, 2.05) is 18.2 Å². The van der Waals surface area contributed by atoms with Crippen molar-refractivity contribution in [2.75, 3.05) is 11.9 Å². The minimum absolute atomic E-state index is 0.155. The lowest BCUT2D eigenvalue weighted by atomic mass is 10.2. The Labute approximate surface area is 126 Å². The average Bonchev–Trinajstić information content (AvgIpc) is 3.02. The maximum Gasteiger partial charge on any atom is 0.360 e. The van der Waals surface area contributed by atoms with E-state index in [1.54, 1.807) is 25.4 Å². The second kappa shape index (κ2) is 6.21. The van der Waals surface area contributed by atoms with Crippen molar-refractivity contribution >= 4 is 22.7 Å². The highest BCUT2D eigenvalue weighted by Crippen LogP contribution is 2.18. The minimum atomic E-state index is -0.498. The summed E-state index contributed by atoms with van der Waals surface area (Å²) in [7, 11) is 0. The number of nitrogens with one attached hydrogen (secondary N) is 1. The molecule has 3 aromatic rings. The van der Waals surface area contributed by atoms with Gasteiger partial charge < -0.3 is 14.6 Å². The van der Waals surface area contributed by atoms with E-state index in [0.717, 1.165) is 10.9 Å². The fraction of sp³-hybridized carbons (Fsp3) is 0.200. The quantitative estimate of drug-likeness (QED) is 0.723. The molecule has 0 bridgehead atoms. The third-order valence-electron chi connectivity index (χ3n) is 2.99. The Morgan fingerprint density at radius 2 is 2.23 bits per heavy atom. The summed E-state index contributed by atoms with van der Waals surface area (Å²) in [6.45, 7) is 2.37. The lowest BCUT2D eigenvalue weighted by Gasteiger charge is -2.05. The number of rotatable bonds is 5. The second-order valence-corrected chi connectivity index (χ2v) is 4.49. The highest BCUT2D eigenvalue weighted by Gasteiger charge is 2.13. The maximum absolute atomic E-state index is 11.5. The van der Waals surface area contributed by atoms with Gasteiger partial charge in [-0.25, -0.2) is 9.78 Å². The van der Waals surface area contributed by atoms with Crippen molar-refractivity contribution < 1.29 is 14.1 Å². The number of fused-ring (bicyclic) bond motifs is 1. The monoisotopic (exact) mass is 298 g/mol. The third kappa shape index (κ3) is 2.88. The van der Waals surface area contributed by atoms with E-state index < -0.39 is 5.97 Å². The lowest BCUT2D eigenvalue weighted by Crippen LogP contribution is -2.04. The van der Waals surface area contributed by atoms with Crippen LogP contribution in [0.1, 0.15) is 23.2 Å². The molecule has 112 valence electrons. The van der Waals surface area contributed by atoms with Gasteiger partial charge in [-0.3, -0.25) is 4.98 Å². The van der Waals surface area contributed by atoms with Gasteiger partial charge in [0, 0.05) is 23.8 Å². The maximum atomic E-state index is 11.5. The molecule has 7 heteroatoms. The largest absolute Gasteiger partial charge is 0.461 e. The topological polar surface area (TPSA) is 90.1 Å². The van der Waals surface area contributed by atoms with Crippen LogP contribution in [0.5, 0.6) is 0 Å². The number of pyridine rings is 2. The van der Waals surface area contributed by atoms with Crippen molar-refractivity contribution in [3.63, 3.8) is 0 Å². The summed E-state index contributed by atoms with van der Waals surface area (Å²) in [5, 5.41) is 7.80. The predicted octanol–water partition coefficient (Wildman–Crippen LogP) is 2.41. The third-order valence-corrected chi connectivity index (χ3v) is 2.99.